The predicted octanol–water partition coefficient (Wildman–Crippen LogP) is 4.09. The highest BCUT2D eigenvalue weighted by Crippen LogP contribution is 2.27. The zero-order chi connectivity index (χ0) is 24.4. The molecule has 0 bridgehead atoms. The van der Waals surface area contributed by atoms with Crippen LogP contribution in [0.4, 0.5) is 0 Å². The summed E-state index contributed by atoms with van der Waals surface area (Å²) in [5.74, 6) is 1.43. The number of aryl methyl sites for hydroxylation is 1. The maximum atomic E-state index is 13.4. The highest BCUT2D eigenvalue weighted by molar-refractivity contribution is 5.95. The third kappa shape index (κ3) is 5.56. The smallest absolute Gasteiger partial charge is 0.265 e. The Labute approximate surface area is 206 Å². The molecule has 184 valence electrons. The lowest BCUT2D eigenvalue weighted by atomic mass is 9.85. The minimum absolute atomic E-state index is 0.107. The van der Waals surface area contributed by atoms with Crippen molar-refractivity contribution in [2.45, 2.75) is 51.5 Å². The Kier molecular flexibility index (Phi) is 6.86. The van der Waals surface area contributed by atoms with E-state index in [1.54, 1.807) is 18.2 Å². The molecule has 1 amide bonds. The molecule has 2 aromatic carbocycles. The molecule has 1 heterocycles. The molecule has 7 nitrogen and oxygen atoms in total. The molecule has 0 spiro atoms. The maximum absolute atomic E-state index is 13.4. The van der Waals surface area contributed by atoms with Crippen molar-refractivity contribution in [2.75, 3.05) is 26.7 Å². The molecule has 2 aliphatic rings. The molecule has 2 aliphatic carbocycles. The van der Waals surface area contributed by atoms with E-state index in [1.165, 1.54) is 36.7 Å². The number of nitrogens with one attached hydrogen (secondary N) is 1. The topological polar surface area (TPSA) is 76.5 Å². The summed E-state index contributed by atoms with van der Waals surface area (Å²) in [6.45, 7) is 4.70. The van der Waals surface area contributed by atoms with Crippen LogP contribution in [0.25, 0.3) is 16.6 Å². The van der Waals surface area contributed by atoms with Gasteiger partial charge in [0.2, 0.25) is 0 Å². The minimum atomic E-state index is -0.177. The summed E-state index contributed by atoms with van der Waals surface area (Å²) in [5, 5.41) is 3.50. The number of carbonyl (C=O) groups is 1. The van der Waals surface area contributed by atoms with Gasteiger partial charge in [-0.3, -0.25) is 14.2 Å². The third-order valence-electron chi connectivity index (χ3n) is 7.12. The van der Waals surface area contributed by atoms with E-state index in [1.807, 2.05) is 25.1 Å². The first kappa shape index (κ1) is 23.5. The Morgan fingerprint density at radius 2 is 2.00 bits per heavy atom. The number of nitrogens with zero attached hydrogens (tertiary/aromatic N) is 3. The standard InChI is InChI=1S/C28H34N4O3/c1-19-7-8-21(27(33)30-22-9-10-22)15-26(19)32-18-29-25-12-11-23(16-24(25)28(32)34)35-14-4-13-31(2)17-20-5-3-6-20/h7-8,11-12,15-16,18,20,22H,3-6,9-10,13-14,17H2,1-2H3,(H,30,33). The van der Waals surface area contributed by atoms with Gasteiger partial charge in [-0.25, -0.2) is 4.98 Å². The monoisotopic (exact) mass is 474 g/mol. The Bertz CT molecular complexity index is 1280. The fraction of sp³-hybridized carbons (Fsp3) is 0.464. The van der Waals surface area contributed by atoms with Crippen LogP contribution in [-0.2, 0) is 0 Å². The van der Waals surface area contributed by atoms with Crippen molar-refractivity contribution in [3.8, 4) is 11.4 Å². The largest absolute Gasteiger partial charge is 0.494 e. The number of benzene rings is 2. The number of ether oxygens (including phenoxy) is 1. The zero-order valence-electron chi connectivity index (χ0n) is 20.6. The van der Waals surface area contributed by atoms with Gasteiger partial charge in [0.05, 0.1) is 23.2 Å². The minimum Gasteiger partial charge on any atom is -0.494 e. The number of fused-ring (bicyclic) bond motifs is 1. The van der Waals surface area contributed by atoms with Gasteiger partial charge in [-0.2, -0.15) is 0 Å². The lowest BCUT2D eigenvalue weighted by Gasteiger charge is -2.30. The number of aromatic nitrogens is 2. The van der Waals surface area contributed by atoms with Gasteiger partial charge in [0, 0.05) is 24.7 Å². The Morgan fingerprint density at radius 1 is 1.17 bits per heavy atom. The molecular weight excluding hydrogens is 440 g/mol. The molecule has 2 saturated carbocycles. The first-order valence-electron chi connectivity index (χ1n) is 12.7. The van der Waals surface area contributed by atoms with Crippen LogP contribution < -0.4 is 15.6 Å². The number of rotatable bonds is 10. The van der Waals surface area contributed by atoms with Crippen LogP contribution in [0.15, 0.2) is 47.5 Å². The summed E-state index contributed by atoms with van der Waals surface area (Å²) in [7, 11) is 2.18. The molecule has 0 unspecified atom stereocenters. The van der Waals surface area contributed by atoms with Crippen molar-refractivity contribution in [3.63, 3.8) is 0 Å². The number of amides is 1. The predicted molar refractivity (Wildman–Crippen MR) is 138 cm³/mol. The highest BCUT2D eigenvalue weighted by Gasteiger charge is 2.24. The number of hydrogen-bond donors (Lipinski definition) is 1. The number of hydrogen-bond acceptors (Lipinski definition) is 5. The summed E-state index contributed by atoms with van der Waals surface area (Å²) in [4.78, 5) is 32.8. The third-order valence-corrected chi connectivity index (χ3v) is 7.12. The van der Waals surface area contributed by atoms with Crippen molar-refractivity contribution in [1.29, 1.82) is 0 Å². The number of carbonyl (C=O) groups excluding carboxylic acids is 1. The molecule has 7 heteroatoms. The Morgan fingerprint density at radius 3 is 2.74 bits per heavy atom. The van der Waals surface area contributed by atoms with Crippen molar-refractivity contribution in [2.24, 2.45) is 5.92 Å². The van der Waals surface area contributed by atoms with Gasteiger partial charge in [-0.1, -0.05) is 12.5 Å². The quantitative estimate of drug-likeness (QED) is 0.448. The summed E-state index contributed by atoms with van der Waals surface area (Å²) in [5.41, 5.74) is 2.55. The van der Waals surface area contributed by atoms with E-state index in [2.05, 4.69) is 22.2 Å². The second kappa shape index (κ2) is 10.2. The summed E-state index contributed by atoms with van der Waals surface area (Å²) in [6, 6.07) is 11.2. The first-order valence-corrected chi connectivity index (χ1v) is 12.7. The average Bonchev–Trinajstić information content (AvgIpc) is 3.64. The molecule has 5 rings (SSSR count). The molecule has 0 saturated heterocycles. The fourth-order valence-corrected chi connectivity index (χ4v) is 4.60. The van der Waals surface area contributed by atoms with Crippen LogP contribution >= 0.6 is 0 Å². The lowest BCUT2D eigenvalue weighted by molar-refractivity contribution is 0.0951. The molecule has 0 atom stereocenters. The summed E-state index contributed by atoms with van der Waals surface area (Å²) < 4.78 is 7.49. The van der Waals surface area contributed by atoms with Crippen LogP contribution in [0.2, 0.25) is 0 Å². The molecule has 2 fully saturated rings. The van der Waals surface area contributed by atoms with E-state index in [4.69, 9.17) is 4.74 Å². The summed E-state index contributed by atoms with van der Waals surface area (Å²) in [6.07, 6.45) is 8.63. The lowest BCUT2D eigenvalue weighted by Crippen LogP contribution is -2.30. The van der Waals surface area contributed by atoms with E-state index < -0.39 is 0 Å². The normalized spacial score (nSPS) is 15.9. The SMILES string of the molecule is Cc1ccc(C(=O)NC2CC2)cc1-n1cnc2ccc(OCCCN(C)CC3CCC3)cc2c1=O. The second-order valence-electron chi connectivity index (χ2n) is 10.1. The van der Waals surface area contributed by atoms with Crippen molar-refractivity contribution in [1.82, 2.24) is 19.8 Å². The molecule has 0 aliphatic heterocycles. The molecule has 3 aromatic rings. The van der Waals surface area contributed by atoms with Gasteiger partial charge in [0.15, 0.2) is 0 Å². The Hall–Kier alpha value is -3.19. The first-order chi connectivity index (χ1) is 17.0. The molecule has 0 radical (unpaired) electrons. The van der Waals surface area contributed by atoms with Crippen LogP contribution in [-0.4, -0.2) is 53.1 Å². The zero-order valence-corrected chi connectivity index (χ0v) is 20.6. The van der Waals surface area contributed by atoms with Gasteiger partial charge in [0.1, 0.15) is 12.1 Å². The molecule has 1 N–H and O–H groups in total. The summed E-state index contributed by atoms with van der Waals surface area (Å²) >= 11 is 0. The average molecular weight is 475 g/mol. The maximum Gasteiger partial charge on any atom is 0.265 e. The molecular formula is C28H34N4O3. The van der Waals surface area contributed by atoms with Crippen LogP contribution in [0.3, 0.4) is 0 Å². The van der Waals surface area contributed by atoms with Gasteiger partial charge >= 0.3 is 0 Å². The van der Waals surface area contributed by atoms with Crippen molar-refractivity contribution >= 4 is 16.8 Å². The van der Waals surface area contributed by atoms with Crippen LogP contribution in [0, 0.1) is 12.8 Å². The van der Waals surface area contributed by atoms with Gasteiger partial charge in [-0.15, -0.1) is 0 Å². The second-order valence-corrected chi connectivity index (χ2v) is 10.1. The Balaban J connectivity index is 1.30. The van der Waals surface area contributed by atoms with Crippen LogP contribution in [0.1, 0.15) is 54.4 Å². The van der Waals surface area contributed by atoms with Gasteiger partial charge < -0.3 is 15.0 Å². The highest BCUT2D eigenvalue weighted by atomic mass is 16.5. The molecule has 35 heavy (non-hydrogen) atoms. The van der Waals surface area contributed by atoms with E-state index in [9.17, 15) is 9.59 Å². The van der Waals surface area contributed by atoms with Gasteiger partial charge in [0.25, 0.3) is 11.5 Å². The van der Waals surface area contributed by atoms with E-state index >= 15 is 0 Å². The van der Waals surface area contributed by atoms with Crippen LogP contribution in [0.5, 0.6) is 5.75 Å². The fourth-order valence-electron chi connectivity index (χ4n) is 4.60. The van der Waals surface area contributed by atoms with Gasteiger partial charge in [-0.05, 0) is 87.9 Å². The van der Waals surface area contributed by atoms with E-state index in [-0.39, 0.29) is 17.5 Å². The molecule has 1 aromatic heterocycles. The van der Waals surface area contributed by atoms with E-state index in [0.29, 0.717) is 34.5 Å². The van der Waals surface area contributed by atoms with Crippen molar-refractivity contribution < 1.29 is 9.53 Å². The van der Waals surface area contributed by atoms with Crippen molar-refractivity contribution in [3.05, 3.63) is 64.2 Å². The van der Waals surface area contributed by atoms with E-state index in [0.717, 1.165) is 37.3 Å².